The molecule has 1 aliphatic heterocycles. The average Bonchev–Trinajstić information content (AvgIpc) is 3.30. The fourth-order valence-electron chi connectivity index (χ4n) is 2.87. The first-order chi connectivity index (χ1) is 11.9. The second-order valence-electron chi connectivity index (χ2n) is 6.11. The molecule has 2 heterocycles. The van der Waals surface area contributed by atoms with Gasteiger partial charge in [0.05, 0.1) is 12.2 Å². The summed E-state index contributed by atoms with van der Waals surface area (Å²) in [7, 11) is 0. The highest BCUT2D eigenvalue weighted by Gasteiger charge is 2.16. The van der Waals surface area contributed by atoms with Crippen molar-refractivity contribution in [2.75, 3.05) is 19.7 Å². The van der Waals surface area contributed by atoms with E-state index in [4.69, 9.17) is 9.84 Å². The monoisotopic (exact) mass is 326 g/mol. The highest BCUT2D eigenvalue weighted by atomic mass is 16.5. The van der Waals surface area contributed by atoms with Gasteiger partial charge in [-0.25, -0.2) is 4.98 Å². The number of rotatable bonds is 7. The summed E-state index contributed by atoms with van der Waals surface area (Å²) in [5.74, 6) is 1.76. The maximum absolute atomic E-state index is 6.05. The molecule has 1 aromatic heterocycles. The van der Waals surface area contributed by atoms with Crippen molar-refractivity contribution in [1.29, 1.82) is 0 Å². The zero-order chi connectivity index (χ0) is 16.6. The summed E-state index contributed by atoms with van der Waals surface area (Å²) in [6.45, 7) is 4.97. The number of para-hydroxylation sites is 1. The highest BCUT2D eigenvalue weighted by Crippen LogP contribution is 2.21. The molecular weight excluding hydrogens is 300 g/mol. The van der Waals surface area contributed by atoms with Crippen molar-refractivity contribution in [3.05, 3.63) is 48.5 Å². The second kappa shape index (κ2) is 8.52. The zero-order valence-corrected chi connectivity index (χ0v) is 14.4. The van der Waals surface area contributed by atoms with Crippen LogP contribution in [0.3, 0.4) is 0 Å². The lowest BCUT2D eigenvalue weighted by atomic mass is 10.1. The number of aromatic nitrogens is 2. The summed E-state index contributed by atoms with van der Waals surface area (Å²) in [6.07, 6.45) is 11.4. The van der Waals surface area contributed by atoms with Crippen molar-refractivity contribution in [2.45, 2.75) is 39.0 Å². The van der Waals surface area contributed by atoms with E-state index in [1.807, 2.05) is 29.0 Å². The molecule has 128 valence electrons. The normalized spacial score (nSPS) is 15.0. The van der Waals surface area contributed by atoms with Crippen molar-refractivity contribution in [1.82, 2.24) is 14.6 Å². The molecule has 0 radical (unpaired) electrons. The van der Waals surface area contributed by atoms with Crippen molar-refractivity contribution in [2.24, 2.45) is 5.10 Å². The van der Waals surface area contributed by atoms with E-state index in [0.717, 1.165) is 43.3 Å². The SMILES string of the molecule is CCCCCOc1ccccc1/C(=N\N1CCCC1)n1ccnc1. The molecule has 1 aliphatic rings. The Kier molecular flexibility index (Phi) is 5.88. The Morgan fingerprint density at radius 1 is 1.21 bits per heavy atom. The van der Waals surface area contributed by atoms with Crippen LogP contribution in [-0.4, -0.2) is 40.1 Å². The van der Waals surface area contributed by atoms with E-state index < -0.39 is 0 Å². The molecule has 0 N–H and O–H groups in total. The lowest BCUT2D eigenvalue weighted by molar-refractivity contribution is 0.305. The van der Waals surface area contributed by atoms with Crippen LogP contribution >= 0.6 is 0 Å². The fourth-order valence-corrected chi connectivity index (χ4v) is 2.87. The van der Waals surface area contributed by atoms with Gasteiger partial charge in [0, 0.05) is 25.5 Å². The molecule has 24 heavy (non-hydrogen) atoms. The number of unbranched alkanes of at least 4 members (excludes halogenated alkanes) is 2. The molecular formula is C19H26N4O. The van der Waals surface area contributed by atoms with E-state index >= 15 is 0 Å². The van der Waals surface area contributed by atoms with Gasteiger partial charge in [0.25, 0.3) is 0 Å². The summed E-state index contributed by atoms with van der Waals surface area (Å²) in [5, 5.41) is 7.03. The van der Waals surface area contributed by atoms with Crippen molar-refractivity contribution in [3.63, 3.8) is 0 Å². The van der Waals surface area contributed by atoms with Crippen LogP contribution in [0.2, 0.25) is 0 Å². The molecule has 2 aromatic rings. The van der Waals surface area contributed by atoms with Gasteiger partial charge in [-0.2, -0.15) is 5.10 Å². The van der Waals surface area contributed by atoms with Crippen LogP contribution in [0.4, 0.5) is 0 Å². The average molecular weight is 326 g/mol. The van der Waals surface area contributed by atoms with Gasteiger partial charge in [-0.05, 0) is 31.4 Å². The first kappa shape index (κ1) is 16.6. The zero-order valence-electron chi connectivity index (χ0n) is 14.4. The Balaban J connectivity index is 1.87. The minimum atomic E-state index is 0.742. The third-order valence-corrected chi connectivity index (χ3v) is 4.20. The molecule has 3 rings (SSSR count). The third-order valence-electron chi connectivity index (χ3n) is 4.20. The van der Waals surface area contributed by atoms with Crippen LogP contribution in [0.5, 0.6) is 5.75 Å². The highest BCUT2D eigenvalue weighted by molar-refractivity contribution is 6.02. The number of ether oxygens (including phenoxy) is 1. The summed E-state index contributed by atoms with van der Waals surface area (Å²) >= 11 is 0. The molecule has 1 aromatic carbocycles. The molecule has 0 spiro atoms. The van der Waals surface area contributed by atoms with E-state index in [2.05, 4.69) is 23.0 Å². The molecule has 0 unspecified atom stereocenters. The van der Waals surface area contributed by atoms with Crippen LogP contribution in [0, 0.1) is 0 Å². The predicted molar refractivity (Wildman–Crippen MR) is 96.4 cm³/mol. The number of hydrogen-bond donors (Lipinski definition) is 0. The third kappa shape index (κ3) is 4.16. The van der Waals surface area contributed by atoms with Gasteiger partial charge in [0.1, 0.15) is 12.1 Å². The molecule has 0 atom stereocenters. The first-order valence-electron chi connectivity index (χ1n) is 8.92. The number of hydrogen-bond acceptors (Lipinski definition) is 4. The maximum Gasteiger partial charge on any atom is 0.169 e. The Morgan fingerprint density at radius 2 is 2.04 bits per heavy atom. The first-order valence-corrected chi connectivity index (χ1v) is 8.92. The molecule has 0 aliphatic carbocycles. The summed E-state index contributed by atoms with van der Waals surface area (Å²) in [6, 6.07) is 8.15. The van der Waals surface area contributed by atoms with Gasteiger partial charge in [-0.15, -0.1) is 0 Å². The number of benzene rings is 1. The molecule has 5 nitrogen and oxygen atoms in total. The van der Waals surface area contributed by atoms with Crippen LogP contribution in [-0.2, 0) is 0 Å². The summed E-state index contributed by atoms with van der Waals surface area (Å²) in [5.41, 5.74) is 1.01. The lowest BCUT2D eigenvalue weighted by Crippen LogP contribution is -2.21. The Labute approximate surface area is 144 Å². The molecule has 0 saturated carbocycles. The fraction of sp³-hybridized carbons (Fsp3) is 0.474. The van der Waals surface area contributed by atoms with Gasteiger partial charge in [0.15, 0.2) is 5.84 Å². The minimum absolute atomic E-state index is 0.742. The van der Waals surface area contributed by atoms with Crippen LogP contribution in [0.1, 0.15) is 44.6 Å². The van der Waals surface area contributed by atoms with E-state index in [1.165, 1.54) is 25.7 Å². The van der Waals surface area contributed by atoms with Crippen molar-refractivity contribution < 1.29 is 4.74 Å². The predicted octanol–water partition coefficient (Wildman–Crippen LogP) is 3.76. The quantitative estimate of drug-likeness (QED) is 0.442. The Morgan fingerprint density at radius 3 is 2.79 bits per heavy atom. The standard InChI is InChI=1S/C19H26N4O/c1-2-3-8-15-24-18-10-5-4-9-17(18)19(22-14-11-20-16-22)21-23-12-6-7-13-23/h4-5,9-11,14,16H,2-3,6-8,12-13,15H2,1H3/b21-19+. The van der Waals surface area contributed by atoms with E-state index in [0.29, 0.717) is 0 Å². The molecule has 5 heteroatoms. The summed E-state index contributed by atoms with van der Waals surface area (Å²) < 4.78 is 8.01. The van der Waals surface area contributed by atoms with E-state index in [1.54, 1.807) is 12.5 Å². The maximum atomic E-state index is 6.05. The topological polar surface area (TPSA) is 42.6 Å². The van der Waals surface area contributed by atoms with Crippen molar-refractivity contribution in [3.8, 4) is 5.75 Å². The van der Waals surface area contributed by atoms with E-state index in [-0.39, 0.29) is 0 Å². The summed E-state index contributed by atoms with van der Waals surface area (Å²) in [4.78, 5) is 4.18. The van der Waals surface area contributed by atoms with Gasteiger partial charge in [0.2, 0.25) is 0 Å². The number of hydrazone groups is 1. The van der Waals surface area contributed by atoms with Crippen molar-refractivity contribution >= 4 is 5.84 Å². The lowest BCUT2D eigenvalue weighted by Gasteiger charge is -2.17. The van der Waals surface area contributed by atoms with Gasteiger partial charge >= 0.3 is 0 Å². The number of imidazole rings is 1. The van der Waals surface area contributed by atoms with E-state index in [9.17, 15) is 0 Å². The molecule has 1 saturated heterocycles. The largest absolute Gasteiger partial charge is 0.493 e. The second-order valence-corrected chi connectivity index (χ2v) is 6.11. The van der Waals surface area contributed by atoms with Crippen LogP contribution in [0.25, 0.3) is 0 Å². The van der Waals surface area contributed by atoms with Gasteiger partial charge in [-0.1, -0.05) is 31.9 Å². The van der Waals surface area contributed by atoms with Crippen LogP contribution in [0.15, 0.2) is 48.1 Å². The van der Waals surface area contributed by atoms with Crippen LogP contribution < -0.4 is 4.74 Å². The molecule has 0 bridgehead atoms. The van der Waals surface area contributed by atoms with Gasteiger partial charge < -0.3 is 4.74 Å². The molecule has 0 amide bonds. The smallest absolute Gasteiger partial charge is 0.169 e. The Bertz CT molecular complexity index is 645. The molecule has 1 fully saturated rings. The Hall–Kier alpha value is -2.30. The minimum Gasteiger partial charge on any atom is -0.493 e. The van der Waals surface area contributed by atoms with Gasteiger partial charge in [-0.3, -0.25) is 9.58 Å². The number of nitrogens with zero attached hydrogens (tertiary/aromatic N) is 4.